The molecule has 7 nitrogen and oxygen atoms in total. The highest BCUT2D eigenvalue weighted by Gasteiger charge is 2.38. The molecule has 1 aromatic rings. The van der Waals surface area contributed by atoms with Crippen molar-refractivity contribution in [1.29, 1.82) is 0 Å². The molecule has 1 aliphatic heterocycles. The minimum Gasteiger partial charge on any atom is -0.423 e. The second-order valence-corrected chi connectivity index (χ2v) is 4.16. The van der Waals surface area contributed by atoms with Crippen molar-refractivity contribution in [2.75, 3.05) is 0 Å². The number of nitrogens with one attached hydrogen (secondary N) is 1. The van der Waals surface area contributed by atoms with E-state index in [1.165, 1.54) is 0 Å². The lowest BCUT2D eigenvalue weighted by Gasteiger charge is -2.09. The average molecular weight is 252 g/mol. The fourth-order valence-electron chi connectivity index (χ4n) is 1.84. The minimum atomic E-state index is -0.420. The molecule has 0 radical (unpaired) electrons. The Morgan fingerprint density at radius 2 is 2.00 bits per heavy atom. The van der Waals surface area contributed by atoms with Gasteiger partial charge in [-0.2, -0.15) is 0 Å². The van der Waals surface area contributed by atoms with Crippen molar-refractivity contribution < 1.29 is 14.0 Å². The first-order chi connectivity index (χ1) is 8.65. The molecule has 0 unspecified atom stereocenters. The molecular weight excluding hydrogens is 236 g/mol. The van der Waals surface area contributed by atoms with Gasteiger partial charge in [0.2, 0.25) is 11.8 Å². The molecule has 0 saturated carbocycles. The summed E-state index contributed by atoms with van der Waals surface area (Å²) in [5.41, 5.74) is 0. The van der Waals surface area contributed by atoms with Crippen LogP contribution in [-0.4, -0.2) is 33.1 Å². The van der Waals surface area contributed by atoms with Gasteiger partial charge in [0.25, 0.3) is 5.91 Å². The lowest BCUT2D eigenvalue weighted by atomic mass is 10.2. The van der Waals surface area contributed by atoms with E-state index in [-0.39, 0.29) is 18.3 Å². The molecule has 2 heterocycles. The summed E-state index contributed by atoms with van der Waals surface area (Å²) in [6.07, 6.45) is 2.11. The van der Waals surface area contributed by atoms with Gasteiger partial charge in [-0.15, -0.1) is 10.2 Å². The second kappa shape index (κ2) is 5.16. The summed E-state index contributed by atoms with van der Waals surface area (Å²) in [6.45, 7) is 3.90. The second-order valence-electron chi connectivity index (χ2n) is 4.16. The largest absolute Gasteiger partial charge is 0.423 e. The van der Waals surface area contributed by atoms with Gasteiger partial charge >= 0.3 is 6.03 Å². The number of hydrogen-bond donors (Lipinski definition) is 1. The van der Waals surface area contributed by atoms with Crippen LogP contribution < -0.4 is 5.32 Å². The Morgan fingerprint density at radius 3 is 2.61 bits per heavy atom. The highest BCUT2D eigenvalue weighted by atomic mass is 16.4. The molecule has 0 spiro atoms. The molecule has 7 heteroatoms. The van der Waals surface area contributed by atoms with E-state index in [0.717, 1.165) is 11.3 Å². The molecular formula is C11H16N4O3. The number of urea groups is 1. The highest BCUT2D eigenvalue weighted by molar-refractivity contribution is 6.04. The predicted octanol–water partition coefficient (Wildman–Crippen LogP) is 0.852. The number of nitrogens with zero attached hydrogens (tertiary/aromatic N) is 3. The van der Waals surface area contributed by atoms with Crippen LogP contribution in [-0.2, 0) is 17.8 Å². The van der Waals surface area contributed by atoms with Gasteiger partial charge in [0.05, 0.1) is 0 Å². The average Bonchev–Trinajstić information content (AvgIpc) is 2.91. The zero-order valence-electron chi connectivity index (χ0n) is 10.5. The van der Waals surface area contributed by atoms with E-state index >= 15 is 0 Å². The maximum absolute atomic E-state index is 11.9. The highest BCUT2D eigenvalue weighted by Crippen LogP contribution is 2.14. The molecule has 1 aliphatic rings. The number of rotatable bonds is 5. The molecule has 1 fully saturated rings. The van der Waals surface area contributed by atoms with Gasteiger partial charge in [-0.3, -0.25) is 9.69 Å². The maximum Gasteiger partial charge on any atom is 0.325 e. The lowest BCUT2D eigenvalue weighted by molar-refractivity contribution is -0.128. The van der Waals surface area contributed by atoms with Crippen molar-refractivity contribution in [2.24, 2.45) is 0 Å². The number of carbonyl (C=O) groups is 2. The van der Waals surface area contributed by atoms with Gasteiger partial charge in [0.15, 0.2) is 0 Å². The summed E-state index contributed by atoms with van der Waals surface area (Å²) >= 11 is 0. The number of imide groups is 1. The van der Waals surface area contributed by atoms with E-state index in [1.54, 1.807) is 0 Å². The zero-order valence-corrected chi connectivity index (χ0v) is 10.5. The van der Waals surface area contributed by atoms with Crippen LogP contribution in [0, 0.1) is 0 Å². The summed E-state index contributed by atoms with van der Waals surface area (Å²) in [5, 5.41) is 10.2. The number of amides is 3. The van der Waals surface area contributed by atoms with Gasteiger partial charge in [0, 0.05) is 6.42 Å². The Bertz CT molecular complexity index is 457. The molecule has 0 bridgehead atoms. The fourth-order valence-corrected chi connectivity index (χ4v) is 1.84. The molecule has 1 atom stereocenters. The Morgan fingerprint density at radius 1 is 1.28 bits per heavy atom. The first-order valence-electron chi connectivity index (χ1n) is 6.08. The smallest absolute Gasteiger partial charge is 0.325 e. The topological polar surface area (TPSA) is 88.3 Å². The summed E-state index contributed by atoms with van der Waals surface area (Å²) in [6, 6.07) is -0.814. The number of aryl methyl sites for hydroxylation is 1. The van der Waals surface area contributed by atoms with Crippen LogP contribution in [0.2, 0.25) is 0 Å². The third-order valence-electron chi connectivity index (χ3n) is 2.79. The van der Waals surface area contributed by atoms with Crippen molar-refractivity contribution in [1.82, 2.24) is 20.4 Å². The van der Waals surface area contributed by atoms with Crippen molar-refractivity contribution in [2.45, 2.75) is 45.7 Å². The summed E-state index contributed by atoms with van der Waals surface area (Å²) < 4.78 is 5.29. The molecule has 0 aliphatic carbocycles. The van der Waals surface area contributed by atoms with Crippen LogP contribution in [0.4, 0.5) is 4.79 Å². The van der Waals surface area contributed by atoms with Crippen LogP contribution in [0.1, 0.15) is 38.5 Å². The Kier molecular flexibility index (Phi) is 3.59. The maximum atomic E-state index is 11.9. The standard InChI is InChI=1S/C11H16N4O3/c1-3-5-7-10(16)15(11(17)12-7)6-9-14-13-8(4-2)18-9/h7H,3-6H2,1-2H3,(H,12,17)/t7-/m1/s1. The molecule has 98 valence electrons. The molecule has 2 rings (SSSR count). The quantitative estimate of drug-likeness (QED) is 0.785. The van der Waals surface area contributed by atoms with E-state index in [1.807, 2.05) is 13.8 Å². The van der Waals surface area contributed by atoms with Gasteiger partial charge in [-0.1, -0.05) is 20.3 Å². The summed E-state index contributed by atoms with van der Waals surface area (Å²) in [5.74, 6) is 0.563. The SMILES string of the molecule is CCC[C@H]1NC(=O)N(Cc2nnc(CC)o2)C1=O. The first kappa shape index (κ1) is 12.5. The Labute approximate surface area is 105 Å². The van der Waals surface area contributed by atoms with Crippen LogP contribution in [0.15, 0.2) is 4.42 Å². The van der Waals surface area contributed by atoms with Crippen molar-refractivity contribution in [3.05, 3.63) is 11.8 Å². The van der Waals surface area contributed by atoms with Crippen LogP contribution in [0.5, 0.6) is 0 Å². The van der Waals surface area contributed by atoms with E-state index < -0.39 is 12.1 Å². The normalized spacial score (nSPS) is 19.4. The van der Waals surface area contributed by atoms with Crippen LogP contribution >= 0.6 is 0 Å². The number of carbonyl (C=O) groups excluding carboxylic acids is 2. The third kappa shape index (κ3) is 2.34. The van der Waals surface area contributed by atoms with Gasteiger partial charge in [-0.05, 0) is 6.42 Å². The monoisotopic (exact) mass is 252 g/mol. The molecule has 0 aromatic carbocycles. The minimum absolute atomic E-state index is 0.0396. The summed E-state index contributed by atoms with van der Waals surface area (Å²) in [7, 11) is 0. The van der Waals surface area contributed by atoms with Crippen LogP contribution in [0.25, 0.3) is 0 Å². The number of aromatic nitrogens is 2. The van der Waals surface area contributed by atoms with Gasteiger partial charge < -0.3 is 9.73 Å². The zero-order chi connectivity index (χ0) is 13.1. The number of hydrogen-bond acceptors (Lipinski definition) is 5. The predicted molar refractivity (Wildman–Crippen MR) is 61.5 cm³/mol. The van der Waals surface area contributed by atoms with Crippen LogP contribution in [0.3, 0.4) is 0 Å². The Hall–Kier alpha value is -1.92. The first-order valence-corrected chi connectivity index (χ1v) is 6.08. The molecule has 18 heavy (non-hydrogen) atoms. The van der Waals surface area contributed by atoms with E-state index in [0.29, 0.717) is 18.7 Å². The fraction of sp³-hybridized carbons (Fsp3) is 0.636. The third-order valence-corrected chi connectivity index (χ3v) is 2.79. The van der Waals surface area contributed by atoms with E-state index in [4.69, 9.17) is 4.42 Å². The lowest BCUT2D eigenvalue weighted by Crippen LogP contribution is -2.31. The van der Waals surface area contributed by atoms with Crippen molar-refractivity contribution >= 4 is 11.9 Å². The Balaban J connectivity index is 2.04. The van der Waals surface area contributed by atoms with Gasteiger partial charge in [-0.25, -0.2) is 4.79 Å². The summed E-state index contributed by atoms with van der Waals surface area (Å²) in [4.78, 5) is 24.7. The molecule has 1 aromatic heterocycles. The van der Waals surface area contributed by atoms with E-state index in [9.17, 15) is 9.59 Å². The molecule has 1 N–H and O–H groups in total. The van der Waals surface area contributed by atoms with Crippen molar-refractivity contribution in [3.63, 3.8) is 0 Å². The van der Waals surface area contributed by atoms with E-state index in [2.05, 4.69) is 15.5 Å². The van der Waals surface area contributed by atoms with Gasteiger partial charge in [0.1, 0.15) is 12.6 Å². The molecule has 1 saturated heterocycles. The van der Waals surface area contributed by atoms with Crippen molar-refractivity contribution in [3.8, 4) is 0 Å². The molecule has 3 amide bonds.